The van der Waals surface area contributed by atoms with Crippen molar-refractivity contribution in [3.63, 3.8) is 0 Å². The molecule has 110 valence electrons. The average Bonchev–Trinajstić information content (AvgIpc) is 2.47. The summed E-state index contributed by atoms with van der Waals surface area (Å²) < 4.78 is 18.9. The molecule has 1 N–H and O–H groups in total. The maximum Gasteiger partial charge on any atom is 0.251 e. The minimum absolute atomic E-state index is 0.180. The zero-order valence-corrected chi connectivity index (χ0v) is 12.0. The summed E-state index contributed by atoms with van der Waals surface area (Å²) in [5.74, 6) is -0.470. The van der Waals surface area contributed by atoms with Gasteiger partial charge in [-0.05, 0) is 43.5 Å². The summed E-state index contributed by atoms with van der Waals surface area (Å²) in [5.41, 5.74) is 0.970. The van der Waals surface area contributed by atoms with Crippen LogP contribution in [0.2, 0.25) is 0 Å². The number of aryl methyl sites for hydroxylation is 1. The molecule has 2 rings (SSSR count). The van der Waals surface area contributed by atoms with Crippen molar-refractivity contribution < 1.29 is 13.9 Å². The van der Waals surface area contributed by atoms with Crippen molar-refractivity contribution in [1.82, 2.24) is 5.32 Å². The van der Waals surface area contributed by atoms with Crippen LogP contribution in [0.5, 0.6) is 0 Å². The standard InChI is InChI=1S/C16H22FNO2/c1-12-11-13(7-8-15(12)17)16(19)18-9-10-20-14-5-3-2-4-6-14/h7-8,11,14H,2-6,9-10H2,1H3,(H,18,19). The number of hydrogen-bond acceptors (Lipinski definition) is 2. The van der Waals surface area contributed by atoms with Crippen LogP contribution in [0.4, 0.5) is 4.39 Å². The largest absolute Gasteiger partial charge is 0.376 e. The van der Waals surface area contributed by atoms with Crippen molar-refractivity contribution in [2.24, 2.45) is 0 Å². The lowest BCUT2D eigenvalue weighted by molar-refractivity contribution is 0.0299. The van der Waals surface area contributed by atoms with Crippen LogP contribution in [0.25, 0.3) is 0 Å². The Labute approximate surface area is 119 Å². The Bertz CT molecular complexity index is 456. The highest BCUT2D eigenvalue weighted by atomic mass is 19.1. The van der Waals surface area contributed by atoms with Gasteiger partial charge in [0.15, 0.2) is 0 Å². The Kier molecular flexibility index (Phi) is 5.53. The fraction of sp³-hybridized carbons (Fsp3) is 0.562. The van der Waals surface area contributed by atoms with Crippen molar-refractivity contribution in [2.45, 2.75) is 45.1 Å². The van der Waals surface area contributed by atoms with E-state index in [0.717, 1.165) is 12.8 Å². The lowest BCUT2D eigenvalue weighted by Gasteiger charge is -2.22. The van der Waals surface area contributed by atoms with Crippen LogP contribution in [0.3, 0.4) is 0 Å². The van der Waals surface area contributed by atoms with Crippen LogP contribution in [-0.2, 0) is 4.74 Å². The number of rotatable bonds is 5. The van der Waals surface area contributed by atoms with Gasteiger partial charge in [0, 0.05) is 12.1 Å². The van der Waals surface area contributed by atoms with Crippen molar-refractivity contribution in [3.8, 4) is 0 Å². The number of ether oxygens (including phenoxy) is 1. The topological polar surface area (TPSA) is 38.3 Å². The molecule has 0 unspecified atom stereocenters. The Morgan fingerprint density at radius 3 is 2.80 bits per heavy atom. The van der Waals surface area contributed by atoms with Crippen LogP contribution >= 0.6 is 0 Å². The molecule has 1 fully saturated rings. The van der Waals surface area contributed by atoms with Gasteiger partial charge in [0.05, 0.1) is 12.7 Å². The second-order valence-electron chi connectivity index (χ2n) is 5.35. The Hall–Kier alpha value is -1.42. The molecule has 0 bridgehead atoms. The summed E-state index contributed by atoms with van der Waals surface area (Å²) in [6.07, 6.45) is 6.41. The van der Waals surface area contributed by atoms with E-state index in [9.17, 15) is 9.18 Å². The number of amides is 1. The molecule has 0 radical (unpaired) electrons. The summed E-state index contributed by atoms with van der Waals surface area (Å²) in [7, 11) is 0. The fourth-order valence-corrected chi connectivity index (χ4v) is 2.51. The molecule has 1 saturated carbocycles. The first-order valence-electron chi connectivity index (χ1n) is 7.33. The van der Waals surface area contributed by atoms with Gasteiger partial charge in [-0.1, -0.05) is 19.3 Å². The Morgan fingerprint density at radius 1 is 1.35 bits per heavy atom. The van der Waals surface area contributed by atoms with E-state index in [-0.39, 0.29) is 11.7 Å². The van der Waals surface area contributed by atoms with E-state index in [4.69, 9.17) is 4.74 Å². The first kappa shape index (κ1) is 15.0. The van der Waals surface area contributed by atoms with Crippen LogP contribution in [0.15, 0.2) is 18.2 Å². The van der Waals surface area contributed by atoms with Gasteiger partial charge in [-0.25, -0.2) is 4.39 Å². The minimum Gasteiger partial charge on any atom is -0.376 e. The maximum atomic E-state index is 13.1. The van der Waals surface area contributed by atoms with E-state index >= 15 is 0 Å². The lowest BCUT2D eigenvalue weighted by Crippen LogP contribution is -2.29. The van der Waals surface area contributed by atoms with Gasteiger partial charge in [0.25, 0.3) is 5.91 Å². The third-order valence-corrected chi connectivity index (χ3v) is 3.71. The highest BCUT2D eigenvalue weighted by Gasteiger charge is 2.13. The molecular weight excluding hydrogens is 257 g/mol. The smallest absolute Gasteiger partial charge is 0.251 e. The molecule has 1 aromatic rings. The van der Waals surface area contributed by atoms with E-state index in [0.29, 0.717) is 30.4 Å². The number of halogens is 1. The highest BCUT2D eigenvalue weighted by Crippen LogP contribution is 2.19. The molecule has 0 aliphatic heterocycles. The van der Waals surface area contributed by atoms with Gasteiger partial charge in [-0.15, -0.1) is 0 Å². The zero-order chi connectivity index (χ0) is 14.4. The third-order valence-electron chi connectivity index (χ3n) is 3.71. The molecule has 0 heterocycles. The molecule has 1 aliphatic carbocycles. The molecule has 0 atom stereocenters. The van der Waals surface area contributed by atoms with Crippen molar-refractivity contribution in [2.75, 3.05) is 13.2 Å². The zero-order valence-electron chi connectivity index (χ0n) is 12.0. The number of carbonyl (C=O) groups excluding carboxylic acids is 1. The molecule has 1 aromatic carbocycles. The quantitative estimate of drug-likeness (QED) is 0.840. The van der Waals surface area contributed by atoms with E-state index in [1.807, 2.05) is 0 Å². The molecule has 0 saturated heterocycles. The van der Waals surface area contributed by atoms with Crippen molar-refractivity contribution in [3.05, 3.63) is 35.1 Å². The lowest BCUT2D eigenvalue weighted by atomic mass is 9.98. The molecule has 4 heteroatoms. The van der Waals surface area contributed by atoms with E-state index in [1.54, 1.807) is 13.0 Å². The second-order valence-corrected chi connectivity index (χ2v) is 5.35. The molecule has 1 aliphatic rings. The third kappa shape index (κ3) is 4.30. The Morgan fingerprint density at radius 2 is 2.10 bits per heavy atom. The predicted octanol–water partition coefficient (Wildman–Crippen LogP) is 3.21. The van der Waals surface area contributed by atoms with Crippen LogP contribution < -0.4 is 5.32 Å². The Balaban J connectivity index is 1.70. The van der Waals surface area contributed by atoms with E-state index in [2.05, 4.69) is 5.32 Å². The van der Waals surface area contributed by atoms with Crippen LogP contribution in [-0.4, -0.2) is 25.2 Å². The summed E-state index contributed by atoms with van der Waals surface area (Å²) in [5, 5.41) is 2.80. The van der Waals surface area contributed by atoms with Crippen LogP contribution in [0, 0.1) is 12.7 Å². The van der Waals surface area contributed by atoms with Gasteiger partial charge in [-0.2, -0.15) is 0 Å². The summed E-state index contributed by atoms with van der Waals surface area (Å²) in [6, 6.07) is 4.38. The fourth-order valence-electron chi connectivity index (χ4n) is 2.51. The van der Waals surface area contributed by atoms with Crippen molar-refractivity contribution in [1.29, 1.82) is 0 Å². The normalized spacial score (nSPS) is 16.1. The van der Waals surface area contributed by atoms with Gasteiger partial charge in [0.1, 0.15) is 5.82 Å². The molecule has 0 spiro atoms. The maximum absolute atomic E-state index is 13.1. The van der Waals surface area contributed by atoms with Gasteiger partial charge >= 0.3 is 0 Å². The minimum atomic E-state index is -0.290. The molecule has 3 nitrogen and oxygen atoms in total. The summed E-state index contributed by atoms with van der Waals surface area (Å²) in [6.45, 7) is 2.68. The number of benzene rings is 1. The highest BCUT2D eigenvalue weighted by molar-refractivity contribution is 5.94. The summed E-state index contributed by atoms with van der Waals surface area (Å²) >= 11 is 0. The van der Waals surface area contributed by atoms with Crippen LogP contribution in [0.1, 0.15) is 48.0 Å². The SMILES string of the molecule is Cc1cc(C(=O)NCCOC2CCCCC2)ccc1F. The monoisotopic (exact) mass is 279 g/mol. The van der Waals surface area contributed by atoms with E-state index in [1.165, 1.54) is 31.4 Å². The molecule has 20 heavy (non-hydrogen) atoms. The van der Waals surface area contributed by atoms with Gasteiger partial charge in [0.2, 0.25) is 0 Å². The predicted molar refractivity (Wildman–Crippen MR) is 76.3 cm³/mol. The van der Waals surface area contributed by atoms with Gasteiger partial charge in [-0.3, -0.25) is 4.79 Å². The first-order chi connectivity index (χ1) is 9.66. The molecular formula is C16H22FNO2. The average molecular weight is 279 g/mol. The van der Waals surface area contributed by atoms with Gasteiger partial charge < -0.3 is 10.1 Å². The molecule has 0 aromatic heterocycles. The number of carbonyl (C=O) groups is 1. The number of hydrogen-bond donors (Lipinski definition) is 1. The summed E-state index contributed by atoms with van der Waals surface area (Å²) in [4.78, 5) is 11.9. The van der Waals surface area contributed by atoms with Crippen molar-refractivity contribution >= 4 is 5.91 Å². The first-order valence-corrected chi connectivity index (χ1v) is 7.33. The second kappa shape index (κ2) is 7.39. The van der Waals surface area contributed by atoms with E-state index < -0.39 is 0 Å². The number of nitrogens with one attached hydrogen (secondary N) is 1. The molecule has 1 amide bonds.